The van der Waals surface area contributed by atoms with E-state index >= 15 is 0 Å². The zero-order valence-electron chi connectivity index (χ0n) is 12.2. The van der Waals surface area contributed by atoms with Gasteiger partial charge in [0.25, 0.3) is 0 Å². The average molecular weight is 313 g/mol. The van der Waals surface area contributed by atoms with Crippen molar-refractivity contribution in [2.75, 3.05) is 25.0 Å². The number of nitrogens with one attached hydrogen (secondary N) is 1. The topological polar surface area (TPSA) is 41.3 Å². The minimum atomic E-state index is -0.664. The number of nitrogens with two attached hydrogens (primary N) is 1. The molecule has 116 valence electrons. The molecule has 0 spiro atoms. The van der Waals surface area contributed by atoms with E-state index in [-0.39, 0.29) is 22.3 Å². The van der Waals surface area contributed by atoms with Crippen LogP contribution in [0.15, 0.2) is 12.1 Å². The molecule has 1 fully saturated rings. The Kier molecular flexibility index (Phi) is 5.47. The van der Waals surface area contributed by atoms with Crippen molar-refractivity contribution in [3.63, 3.8) is 0 Å². The highest BCUT2D eigenvalue weighted by Gasteiger charge is 2.17. The van der Waals surface area contributed by atoms with E-state index in [9.17, 15) is 8.78 Å². The summed E-state index contributed by atoms with van der Waals surface area (Å²) in [4.78, 5) is 2.31. The number of halogens is 2. The summed E-state index contributed by atoms with van der Waals surface area (Å²) in [5, 5.41) is 2.92. The monoisotopic (exact) mass is 313 g/mol. The third-order valence-electron chi connectivity index (χ3n) is 3.70. The van der Waals surface area contributed by atoms with Crippen molar-refractivity contribution in [2.45, 2.75) is 32.2 Å². The number of anilines is 1. The van der Waals surface area contributed by atoms with E-state index in [0.717, 1.165) is 19.6 Å². The van der Waals surface area contributed by atoms with Crippen molar-refractivity contribution in [2.24, 2.45) is 5.73 Å². The number of thiocarbonyl (C=S) groups is 1. The number of nitrogens with zero attached hydrogens (tertiary/aromatic N) is 1. The minimum absolute atomic E-state index is 0.0132. The van der Waals surface area contributed by atoms with Crippen molar-refractivity contribution in [1.29, 1.82) is 0 Å². The molecule has 21 heavy (non-hydrogen) atoms. The van der Waals surface area contributed by atoms with Gasteiger partial charge in [-0.15, -0.1) is 0 Å². The van der Waals surface area contributed by atoms with Crippen LogP contribution < -0.4 is 11.1 Å². The second-order valence-corrected chi connectivity index (χ2v) is 6.03. The zero-order chi connectivity index (χ0) is 15.4. The standard InChI is InChI=1S/C15H21F2N3S/c1-10(9-20-5-3-2-4-6-20)19-14-12(16)7-11(15(18)21)8-13(14)17/h7-8,10,19H,2-6,9H2,1H3,(H2,18,21). The lowest BCUT2D eigenvalue weighted by atomic mass is 10.1. The first-order valence-electron chi connectivity index (χ1n) is 7.25. The second-order valence-electron chi connectivity index (χ2n) is 5.59. The first-order chi connectivity index (χ1) is 9.97. The fourth-order valence-corrected chi connectivity index (χ4v) is 2.79. The summed E-state index contributed by atoms with van der Waals surface area (Å²) in [6, 6.07) is 2.30. The minimum Gasteiger partial charge on any atom is -0.389 e. The van der Waals surface area contributed by atoms with Gasteiger partial charge in [-0.05, 0) is 45.0 Å². The number of likely N-dealkylation sites (tertiary alicyclic amines) is 1. The SMILES string of the molecule is CC(CN1CCCCC1)Nc1c(F)cc(C(N)=S)cc1F. The molecule has 0 saturated carbocycles. The molecule has 3 N–H and O–H groups in total. The van der Waals surface area contributed by atoms with Gasteiger partial charge in [0.15, 0.2) is 0 Å². The van der Waals surface area contributed by atoms with Crippen LogP contribution in [0, 0.1) is 11.6 Å². The van der Waals surface area contributed by atoms with Crippen LogP contribution in [0.2, 0.25) is 0 Å². The number of hydrogen-bond donors (Lipinski definition) is 2. The maximum atomic E-state index is 14.0. The largest absolute Gasteiger partial charge is 0.389 e. The Labute approximate surface area is 129 Å². The molecule has 1 aromatic rings. The van der Waals surface area contributed by atoms with Crippen LogP contribution in [0.25, 0.3) is 0 Å². The molecular formula is C15H21F2N3S. The lowest BCUT2D eigenvalue weighted by molar-refractivity contribution is 0.223. The zero-order valence-corrected chi connectivity index (χ0v) is 13.0. The van der Waals surface area contributed by atoms with Crippen LogP contribution in [0.4, 0.5) is 14.5 Å². The molecular weight excluding hydrogens is 292 g/mol. The van der Waals surface area contributed by atoms with E-state index in [4.69, 9.17) is 18.0 Å². The molecule has 1 aliphatic rings. The Balaban J connectivity index is 2.03. The second kappa shape index (κ2) is 7.13. The first kappa shape index (κ1) is 16.1. The lowest BCUT2D eigenvalue weighted by Gasteiger charge is -2.29. The molecule has 6 heteroatoms. The number of hydrogen-bond acceptors (Lipinski definition) is 3. The Morgan fingerprint density at radius 2 is 1.86 bits per heavy atom. The van der Waals surface area contributed by atoms with Gasteiger partial charge in [0, 0.05) is 18.2 Å². The van der Waals surface area contributed by atoms with Gasteiger partial charge in [-0.1, -0.05) is 18.6 Å². The molecule has 0 radical (unpaired) electrons. The molecule has 0 aromatic heterocycles. The van der Waals surface area contributed by atoms with Crippen molar-refractivity contribution in [3.05, 3.63) is 29.3 Å². The van der Waals surface area contributed by atoms with Gasteiger partial charge in [-0.3, -0.25) is 0 Å². The van der Waals surface area contributed by atoms with E-state index < -0.39 is 11.6 Å². The maximum absolute atomic E-state index is 14.0. The number of piperidine rings is 1. The maximum Gasteiger partial charge on any atom is 0.150 e. The Morgan fingerprint density at radius 1 is 1.29 bits per heavy atom. The molecule has 1 aliphatic heterocycles. The number of rotatable bonds is 5. The summed E-state index contributed by atoms with van der Waals surface area (Å²) in [6.45, 7) is 4.81. The van der Waals surface area contributed by atoms with E-state index in [0.29, 0.717) is 0 Å². The molecule has 1 saturated heterocycles. The Morgan fingerprint density at radius 3 is 2.38 bits per heavy atom. The molecule has 0 amide bonds. The summed E-state index contributed by atoms with van der Waals surface area (Å²) >= 11 is 4.74. The predicted molar refractivity (Wildman–Crippen MR) is 85.6 cm³/mol. The molecule has 0 bridgehead atoms. The van der Waals surface area contributed by atoms with Crippen molar-refractivity contribution in [1.82, 2.24) is 4.90 Å². The highest BCUT2D eigenvalue weighted by atomic mass is 32.1. The lowest BCUT2D eigenvalue weighted by Crippen LogP contribution is -2.38. The van der Waals surface area contributed by atoms with Gasteiger partial charge in [0.1, 0.15) is 22.3 Å². The molecule has 1 unspecified atom stereocenters. The molecule has 1 atom stereocenters. The van der Waals surface area contributed by atoms with Crippen molar-refractivity contribution >= 4 is 22.9 Å². The van der Waals surface area contributed by atoms with Crippen LogP contribution in [0.3, 0.4) is 0 Å². The molecule has 1 heterocycles. The van der Waals surface area contributed by atoms with E-state index in [1.54, 1.807) is 0 Å². The van der Waals surface area contributed by atoms with Gasteiger partial charge in [-0.25, -0.2) is 8.78 Å². The number of benzene rings is 1. The van der Waals surface area contributed by atoms with Crippen molar-refractivity contribution in [3.8, 4) is 0 Å². The third-order valence-corrected chi connectivity index (χ3v) is 3.93. The average Bonchev–Trinajstić information content (AvgIpc) is 2.43. The van der Waals surface area contributed by atoms with Crippen LogP contribution in [0.5, 0.6) is 0 Å². The van der Waals surface area contributed by atoms with E-state index in [1.807, 2.05) is 6.92 Å². The van der Waals surface area contributed by atoms with Crippen molar-refractivity contribution < 1.29 is 8.78 Å². The third kappa shape index (κ3) is 4.35. The first-order valence-corrected chi connectivity index (χ1v) is 7.66. The van der Waals surface area contributed by atoms with Gasteiger partial charge < -0.3 is 16.0 Å². The highest BCUT2D eigenvalue weighted by Crippen LogP contribution is 2.22. The fraction of sp³-hybridized carbons (Fsp3) is 0.533. The van der Waals surface area contributed by atoms with Gasteiger partial charge in [0.05, 0.1) is 0 Å². The van der Waals surface area contributed by atoms with Crippen LogP contribution in [-0.4, -0.2) is 35.6 Å². The summed E-state index contributed by atoms with van der Waals surface area (Å²) in [7, 11) is 0. The van der Waals surface area contributed by atoms with Crippen LogP contribution in [-0.2, 0) is 0 Å². The smallest absolute Gasteiger partial charge is 0.150 e. The quantitative estimate of drug-likeness (QED) is 0.820. The predicted octanol–water partition coefficient (Wildman–Crippen LogP) is 2.89. The molecule has 3 nitrogen and oxygen atoms in total. The Hall–Kier alpha value is -1.27. The van der Waals surface area contributed by atoms with Crippen LogP contribution >= 0.6 is 12.2 Å². The summed E-state index contributed by atoms with van der Waals surface area (Å²) in [5.74, 6) is -1.33. The van der Waals surface area contributed by atoms with Gasteiger partial charge in [0.2, 0.25) is 0 Å². The highest BCUT2D eigenvalue weighted by molar-refractivity contribution is 7.80. The van der Waals surface area contributed by atoms with E-state index in [1.165, 1.54) is 31.4 Å². The summed E-state index contributed by atoms with van der Waals surface area (Å²) in [6.07, 6.45) is 3.65. The molecule has 2 rings (SSSR count). The normalized spacial score (nSPS) is 17.5. The van der Waals surface area contributed by atoms with E-state index in [2.05, 4.69) is 10.2 Å². The van der Waals surface area contributed by atoms with Gasteiger partial charge in [-0.2, -0.15) is 0 Å². The van der Waals surface area contributed by atoms with Crippen LogP contribution in [0.1, 0.15) is 31.7 Å². The summed E-state index contributed by atoms with van der Waals surface area (Å²) in [5.41, 5.74) is 5.49. The van der Waals surface area contributed by atoms with Gasteiger partial charge >= 0.3 is 0 Å². The summed E-state index contributed by atoms with van der Waals surface area (Å²) < 4.78 is 28.0. The fourth-order valence-electron chi connectivity index (χ4n) is 2.67. The molecule has 0 aliphatic carbocycles. The Bertz CT molecular complexity index is 493. The molecule has 1 aromatic carbocycles.